The minimum atomic E-state index is -1.47. The molecule has 1 aliphatic rings. The van der Waals surface area contributed by atoms with E-state index in [1.54, 1.807) is 18.2 Å². The van der Waals surface area contributed by atoms with Crippen molar-refractivity contribution in [2.45, 2.75) is 64.3 Å². The van der Waals surface area contributed by atoms with E-state index in [4.69, 9.17) is 9.47 Å². The highest BCUT2D eigenvalue weighted by Crippen LogP contribution is 2.20. The molecule has 1 heterocycles. The third kappa shape index (κ3) is 11.1. The van der Waals surface area contributed by atoms with Crippen molar-refractivity contribution < 1.29 is 38.6 Å². The van der Waals surface area contributed by atoms with E-state index < -0.39 is 60.2 Å². The summed E-state index contributed by atoms with van der Waals surface area (Å²) < 4.78 is 11.7. The molecule has 4 rings (SSSR count). The Balaban J connectivity index is 1.54. The summed E-state index contributed by atoms with van der Waals surface area (Å²) in [7, 11) is 0. The third-order valence-corrected chi connectivity index (χ3v) is 8.01. The fourth-order valence-electron chi connectivity index (χ4n) is 5.38. The molecule has 3 aromatic carbocycles. The highest BCUT2D eigenvalue weighted by Gasteiger charge is 2.32. The van der Waals surface area contributed by atoms with E-state index >= 15 is 0 Å². The van der Waals surface area contributed by atoms with Gasteiger partial charge >= 0.3 is 0 Å². The molecule has 1 aliphatic heterocycles. The van der Waals surface area contributed by atoms with Crippen LogP contribution in [0.1, 0.15) is 46.8 Å². The molecule has 4 atom stereocenters. The number of fused-ring (bicyclic) bond motifs is 1. The number of benzene rings is 3. The lowest BCUT2D eigenvalue weighted by Gasteiger charge is -2.26. The number of hydrogen-bond acceptors (Lipinski definition) is 8. The Kier molecular flexibility index (Phi) is 13.7. The monoisotopic (exact) mass is 687 g/mol. The first-order valence-corrected chi connectivity index (χ1v) is 16.6. The first kappa shape index (κ1) is 37.4. The number of ether oxygens (including phenoxy) is 2. The van der Waals surface area contributed by atoms with Crippen LogP contribution in [0.15, 0.2) is 72.8 Å². The fraction of sp³-hybridized carbons (Fsp3) is 0.378. The van der Waals surface area contributed by atoms with E-state index in [0.29, 0.717) is 12.2 Å². The molecule has 266 valence electrons. The van der Waals surface area contributed by atoms with Gasteiger partial charge < -0.3 is 41.2 Å². The van der Waals surface area contributed by atoms with Crippen LogP contribution in [0, 0.1) is 13.8 Å². The number of nitrogens with one attached hydrogen (secondary N) is 5. The van der Waals surface area contributed by atoms with Gasteiger partial charge in [-0.15, -0.1) is 0 Å². The van der Waals surface area contributed by atoms with Crippen molar-refractivity contribution in [3.05, 3.63) is 95.1 Å². The number of aliphatic hydroxyl groups is 1. The summed E-state index contributed by atoms with van der Waals surface area (Å²) in [6.07, 6.45) is -1.39. The summed E-state index contributed by atoms with van der Waals surface area (Å²) in [6, 6.07) is 17.4. The van der Waals surface area contributed by atoms with Gasteiger partial charge in [0.1, 0.15) is 36.2 Å². The summed E-state index contributed by atoms with van der Waals surface area (Å²) >= 11 is 0. The molecule has 50 heavy (non-hydrogen) atoms. The maximum atomic E-state index is 13.5. The van der Waals surface area contributed by atoms with E-state index in [-0.39, 0.29) is 44.0 Å². The number of para-hydroxylation sites is 1. The van der Waals surface area contributed by atoms with Crippen molar-refractivity contribution in [1.29, 1.82) is 0 Å². The second-order valence-electron chi connectivity index (χ2n) is 12.2. The lowest BCUT2D eigenvalue weighted by atomic mass is 10.0. The van der Waals surface area contributed by atoms with Crippen LogP contribution in [0.5, 0.6) is 11.5 Å². The first-order chi connectivity index (χ1) is 24.0. The molecule has 13 nitrogen and oxygen atoms in total. The normalized spacial score (nSPS) is 19.9. The zero-order valence-corrected chi connectivity index (χ0v) is 28.5. The van der Waals surface area contributed by atoms with Crippen LogP contribution in [0.4, 0.5) is 0 Å². The summed E-state index contributed by atoms with van der Waals surface area (Å²) in [4.78, 5) is 66.9. The molecule has 0 spiro atoms. The number of carbonyl (C=O) groups is 5. The maximum Gasteiger partial charge on any atom is 0.255 e. The summed E-state index contributed by atoms with van der Waals surface area (Å²) in [5.74, 6) is -2.46. The number of carbonyl (C=O) groups excluding carboxylic acids is 5. The minimum absolute atomic E-state index is 0.0728. The molecule has 3 aromatic rings. The van der Waals surface area contributed by atoms with E-state index in [2.05, 4.69) is 26.6 Å². The fourth-order valence-corrected chi connectivity index (χ4v) is 5.38. The van der Waals surface area contributed by atoms with Gasteiger partial charge in [0.05, 0.1) is 31.2 Å². The lowest BCUT2D eigenvalue weighted by molar-refractivity contribution is -0.135. The minimum Gasteiger partial charge on any atom is -0.493 e. The van der Waals surface area contributed by atoms with Gasteiger partial charge in [0.15, 0.2) is 0 Å². The molecule has 0 saturated heterocycles. The quantitative estimate of drug-likeness (QED) is 0.193. The van der Waals surface area contributed by atoms with Crippen LogP contribution in [0.3, 0.4) is 0 Å². The molecular weight excluding hydrogens is 642 g/mol. The summed E-state index contributed by atoms with van der Waals surface area (Å²) in [5, 5.41) is 23.8. The third-order valence-electron chi connectivity index (χ3n) is 8.01. The Hall–Kier alpha value is -5.43. The van der Waals surface area contributed by atoms with Crippen LogP contribution in [0.2, 0.25) is 0 Å². The van der Waals surface area contributed by atoms with Gasteiger partial charge in [-0.3, -0.25) is 24.0 Å². The predicted octanol–water partition coefficient (Wildman–Crippen LogP) is 1.48. The topological polar surface area (TPSA) is 184 Å². The Morgan fingerprint density at radius 3 is 2.44 bits per heavy atom. The molecule has 13 heteroatoms. The van der Waals surface area contributed by atoms with Crippen molar-refractivity contribution in [1.82, 2.24) is 26.6 Å². The van der Waals surface area contributed by atoms with Crippen molar-refractivity contribution in [2.24, 2.45) is 0 Å². The standard InChI is InChI=1S/C37H45N5O8/c1-23-14-15-30(24(2)20-23)50-19-17-39-36(47)29-22-32(44)42-33(25(3)43)37(48)41-28(21-26-10-5-4-6-11-26)35(46)38-16-9-18-49-31-13-8-7-12-27(31)34(45)40-29/h4-8,10-15,20,25,28-29,33,43H,9,16-19,21-22H2,1-3H3,(H,38,46)(H,39,47)(H,40,45)(H,41,48)(H,42,44)/t25-,28+,29+,33+/m1/s1. The number of rotatable bonds is 8. The smallest absolute Gasteiger partial charge is 0.255 e. The summed E-state index contributed by atoms with van der Waals surface area (Å²) in [6.45, 7) is 5.77. The van der Waals surface area contributed by atoms with Crippen LogP contribution < -0.4 is 36.1 Å². The molecule has 0 aromatic heterocycles. The van der Waals surface area contributed by atoms with Gasteiger partial charge in [-0.25, -0.2) is 0 Å². The highest BCUT2D eigenvalue weighted by atomic mass is 16.5. The van der Waals surface area contributed by atoms with Crippen molar-refractivity contribution >= 4 is 29.5 Å². The molecule has 0 aliphatic carbocycles. The Morgan fingerprint density at radius 2 is 1.70 bits per heavy atom. The Morgan fingerprint density at radius 1 is 0.960 bits per heavy atom. The molecule has 0 unspecified atom stereocenters. The van der Waals surface area contributed by atoms with E-state index in [1.807, 2.05) is 62.4 Å². The van der Waals surface area contributed by atoms with Crippen molar-refractivity contribution in [2.75, 3.05) is 26.3 Å². The van der Waals surface area contributed by atoms with Gasteiger partial charge in [0, 0.05) is 13.0 Å². The van der Waals surface area contributed by atoms with E-state index in [1.165, 1.54) is 13.0 Å². The Labute approximate surface area is 291 Å². The van der Waals surface area contributed by atoms with Gasteiger partial charge in [0.25, 0.3) is 5.91 Å². The van der Waals surface area contributed by atoms with Crippen LogP contribution in [-0.4, -0.2) is 85.2 Å². The average Bonchev–Trinajstić information content (AvgIpc) is 3.09. The summed E-state index contributed by atoms with van der Waals surface area (Å²) in [5.41, 5.74) is 2.95. The molecule has 0 fully saturated rings. The highest BCUT2D eigenvalue weighted by molar-refractivity contribution is 6.01. The second-order valence-corrected chi connectivity index (χ2v) is 12.2. The molecule has 5 amide bonds. The first-order valence-electron chi connectivity index (χ1n) is 16.6. The van der Waals surface area contributed by atoms with Crippen LogP contribution in [-0.2, 0) is 25.6 Å². The molecule has 0 bridgehead atoms. The molecule has 0 radical (unpaired) electrons. The maximum absolute atomic E-state index is 13.5. The SMILES string of the molecule is Cc1ccc(OCCNC(=O)[C@@H]2CC(=O)N[C@@H]([C@@H](C)O)C(=O)N[C@@H](Cc3ccccc3)C(=O)NCCCOc3ccccc3C(=O)N2)c(C)c1. The van der Waals surface area contributed by atoms with Crippen molar-refractivity contribution in [3.8, 4) is 11.5 Å². The zero-order chi connectivity index (χ0) is 36.0. The number of amides is 5. The van der Waals surface area contributed by atoms with Crippen LogP contribution in [0.25, 0.3) is 0 Å². The Bertz CT molecular complexity index is 1650. The van der Waals surface area contributed by atoms with Gasteiger partial charge in [-0.05, 0) is 56.5 Å². The van der Waals surface area contributed by atoms with E-state index in [0.717, 1.165) is 16.7 Å². The molecular formula is C37H45N5O8. The predicted molar refractivity (Wildman–Crippen MR) is 186 cm³/mol. The largest absolute Gasteiger partial charge is 0.493 e. The average molecular weight is 688 g/mol. The number of aliphatic hydroxyl groups excluding tert-OH is 1. The van der Waals surface area contributed by atoms with Gasteiger partial charge in [0.2, 0.25) is 23.6 Å². The van der Waals surface area contributed by atoms with Gasteiger partial charge in [-0.1, -0.05) is 60.2 Å². The number of aryl methyl sites for hydroxylation is 2. The number of hydrogen-bond donors (Lipinski definition) is 6. The van der Waals surface area contributed by atoms with Crippen molar-refractivity contribution in [3.63, 3.8) is 0 Å². The zero-order valence-electron chi connectivity index (χ0n) is 28.5. The molecule has 6 N–H and O–H groups in total. The second kappa shape index (κ2) is 18.4. The lowest BCUT2D eigenvalue weighted by Crippen LogP contribution is -2.58. The van der Waals surface area contributed by atoms with Gasteiger partial charge in [-0.2, -0.15) is 0 Å². The van der Waals surface area contributed by atoms with Crippen LogP contribution >= 0.6 is 0 Å². The molecule has 0 saturated carbocycles. The van der Waals surface area contributed by atoms with E-state index in [9.17, 15) is 29.1 Å².